The maximum absolute atomic E-state index is 11.2. The Kier molecular flexibility index (Phi) is 3.20. The van der Waals surface area contributed by atoms with E-state index >= 15 is 0 Å². The summed E-state index contributed by atoms with van der Waals surface area (Å²) in [5.41, 5.74) is 0.347. The van der Waals surface area contributed by atoms with Crippen LogP contribution in [0, 0.1) is 0 Å². The van der Waals surface area contributed by atoms with Gasteiger partial charge in [0.05, 0.1) is 17.5 Å². The van der Waals surface area contributed by atoms with E-state index in [1.165, 1.54) is 12.4 Å². The van der Waals surface area contributed by atoms with Crippen LogP contribution in [0.1, 0.15) is 10.4 Å². The van der Waals surface area contributed by atoms with Crippen LogP contribution in [0.4, 0.5) is 0 Å². The van der Waals surface area contributed by atoms with Crippen LogP contribution < -0.4 is 10.5 Å². The Hall–Kier alpha value is -1.41. The first-order valence-electron chi connectivity index (χ1n) is 3.76. The van der Waals surface area contributed by atoms with Crippen molar-refractivity contribution >= 4 is 15.9 Å². The molecule has 1 amide bonds. The summed E-state index contributed by atoms with van der Waals surface area (Å²) in [6, 6.07) is 0. The molecular weight excluding hydrogens is 208 g/mol. The summed E-state index contributed by atoms with van der Waals surface area (Å²) in [4.78, 5) is 11.2. The number of hydrogen-bond donors (Lipinski definition) is 3. The topological polar surface area (TPSA) is 118 Å². The lowest BCUT2D eigenvalue weighted by molar-refractivity contribution is 0.0956. The van der Waals surface area contributed by atoms with Gasteiger partial charge in [-0.15, -0.1) is 0 Å². The van der Waals surface area contributed by atoms with E-state index in [9.17, 15) is 13.2 Å². The van der Waals surface area contributed by atoms with E-state index in [0.717, 1.165) is 0 Å². The first-order valence-corrected chi connectivity index (χ1v) is 5.48. The predicted molar refractivity (Wildman–Crippen MR) is 48.9 cm³/mol. The molecule has 0 radical (unpaired) electrons. The molecule has 0 aliphatic heterocycles. The van der Waals surface area contributed by atoms with Gasteiger partial charge in [0.15, 0.2) is 0 Å². The van der Waals surface area contributed by atoms with Crippen molar-refractivity contribution in [3.05, 3.63) is 18.0 Å². The van der Waals surface area contributed by atoms with Gasteiger partial charge in [0.2, 0.25) is 10.0 Å². The highest BCUT2D eigenvalue weighted by Gasteiger charge is 2.07. The molecule has 0 spiro atoms. The normalized spacial score (nSPS) is 11.2. The molecule has 78 valence electrons. The molecule has 0 aliphatic rings. The van der Waals surface area contributed by atoms with Gasteiger partial charge < -0.3 is 5.32 Å². The molecule has 0 fully saturated rings. The summed E-state index contributed by atoms with van der Waals surface area (Å²) in [6.45, 7) is -0.0111. The third kappa shape index (κ3) is 3.54. The van der Waals surface area contributed by atoms with Crippen LogP contribution in [0.25, 0.3) is 0 Å². The van der Waals surface area contributed by atoms with Crippen molar-refractivity contribution in [1.29, 1.82) is 0 Å². The van der Waals surface area contributed by atoms with Gasteiger partial charge in [0, 0.05) is 12.7 Å². The van der Waals surface area contributed by atoms with Crippen LogP contribution in [0.2, 0.25) is 0 Å². The third-order valence-electron chi connectivity index (χ3n) is 1.43. The number of carbonyl (C=O) groups is 1. The number of sulfonamides is 1. The van der Waals surface area contributed by atoms with Crippen LogP contribution >= 0.6 is 0 Å². The van der Waals surface area contributed by atoms with E-state index in [-0.39, 0.29) is 18.2 Å². The molecule has 1 aromatic heterocycles. The van der Waals surface area contributed by atoms with Crippen LogP contribution in [-0.4, -0.2) is 36.8 Å². The number of H-pyrrole nitrogens is 1. The standard InChI is InChI=1S/C6H10N4O3S/c7-14(12,13)2-1-8-6(11)5-3-9-10-4-5/h3-4H,1-2H2,(H,8,11)(H,9,10)(H2,7,12,13). The first kappa shape index (κ1) is 10.7. The van der Waals surface area contributed by atoms with Crippen molar-refractivity contribution in [2.45, 2.75) is 0 Å². The van der Waals surface area contributed by atoms with Gasteiger partial charge in [0.25, 0.3) is 5.91 Å². The lowest BCUT2D eigenvalue weighted by atomic mass is 10.3. The fourth-order valence-electron chi connectivity index (χ4n) is 0.784. The van der Waals surface area contributed by atoms with Gasteiger partial charge >= 0.3 is 0 Å². The largest absolute Gasteiger partial charge is 0.351 e. The molecule has 7 nitrogen and oxygen atoms in total. The molecule has 0 unspecified atom stereocenters. The van der Waals surface area contributed by atoms with Crippen LogP contribution in [0.5, 0.6) is 0 Å². The van der Waals surface area contributed by atoms with Crippen molar-refractivity contribution in [3.8, 4) is 0 Å². The van der Waals surface area contributed by atoms with Crippen molar-refractivity contribution in [2.75, 3.05) is 12.3 Å². The molecular formula is C6H10N4O3S. The molecule has 14 heavy (non-hydrogen) atoms. The quantitative estimate of drug-likeness (QED) is 0.565. The number of primary sulfonamides is 1. The summed E-state index contributed by atoms with van der Waals surface area (Å²) in [6.07, 6.45) is 2.75. The number of carbonyl (C=O) groups excluding carboxylic acids is 1. The van der Waals surface area contributed by atoms with E-state index in [0.29, 0.717) is 5.56 Å². The molecule has 0 aromatic carbocycles. The highest BCUT2D eigenvalue weighted by atomic mass is 32.2. The average Bonchev–Trinajstić information content (AvgIpc) is 2.53. The number of nitrogens with zero attached hydrogens (tertiary/aromatic N) is 1. The van der Waals surface area contributed by atoms with E-state index in [1.54, 1.807) is 0 Å². The fraction of sp³-hybridized carbons (Fsp3) is 0.333. The summed E-state index contributed by atoms with van der Waals surface area (Å²) < 4.78 is 21.0. The van der Waals surface area contributed by atoms with Gasteiger partial charge in [-0.25, -0.2) is 13.6 Å². The van der Waals surface area contributed by atoms with E-state index in [2.05, 4.69) is 15.5 Å². The highest BCUT2D eigenvalue weighted by molar-refractivity contribution is 7.89. The number of aromatic amines is 1. The van der Waals surface area contributed by atoms with Gasteiger partial charge in [0.1, 0.15) is 0 Å². The minimum Gasteiger partial charge on any atom is -0.351 e. The highest BCUT2D eigenvalue weighted by Crippen LogP contribution is 1.92. The third-order valence-corrected chi connectivity index (χ3v) is 2.21. The van der Waals surface area contributed by atoms with E-state index in [4.69, 9.17) is 5.14 Å². The maximum Gasteiger partial charge on any atom is 0.254 e. The summed E-state index contributed by atoms with van der Waals surface area (Å²) in [7, 11) is -3.53. The number of nitrogens with two attached hydrogens (primary N) is 1. The molecule has 1 rings (SSSR count). The lowest BCUT2D eigenvalue weighted by Crippen LogP contribution is -2.31. The second kappa shape index (κ2) is 4.20. The Balaban J connectivity index is 2.37. The number of amides is 1. The first-order chi connectivity index (χ1) is 6.49. The minimum absolute atomic E-state index is 0.0111. The van der Waals surface area contributed by atoms with Gasteiger partial charge in [-0.2, -0.15) is 5.10 Å². The summed E-state index contributed by atoms with van der Waals surface area (Å²) >= 11 is 0. The second-order valence-corrected chi connectivity index (χ2v) is 4.34. The van der Waals surface area contributed by atoms with Crippen molar-refractivity contribution in [3.63, 3.8) is 0 Å². The molecule has 0 bridgehead atoms. The molecule has 4 N–H and O–H groups in total. The van der Waals surface area contributed by atoms with Crippen molar-refractivity contribution in [2.24, 2.45) is 5.14 Å². The van der Waals surface area contributed by atoms with Crippen LogP contribution in [-0.2, 0) is 10.0 Å². The zero-order valence-electron chi connectivity index (χ0n) is 7.23. The Morgan fingerprint density at radius 3 is 2.86 bits per heavy atom. The summed E-state index contributed by atoms with van der Waals surface area (Å²) in [5, 5.41) is 13.2. The molecule has 1 heterocycles. The Labute approximate surface area is 80.7 Å². The predicted octanol–water partition coefficient (Wildman–Crippen LogP) is -1.57. The SMILES string of the molecule is NS(=O)(=O)CCNC(=O)c1cn[nH]c1. The molecule has 0 aliphatic carbocycles. The number of hydrogen-bond acceptors (Lipinski definition) is 4. The van der Waals surface area contributed by atoms with E-state index < -0.39 is 10.0 Å². The van der Waals surface area contributed by atoms with Crippen molar-refractivity contribution in [1.82, 2.24) is 15.5 Å². The number of rotatable bonds is 4. The van der Waals surface area contributed by atoms with Crippen molar-refractivity contribution < 1.29 is 13.2 Å². The number of nitrogens with one attached hydrogen (secondary N) is 2. The molecule has 0 atom stereocenters. The number of aromatic nitrogens is 2. The zero-order chi connectivity index (χ0) is 10.6. The average molecular weight is 218 g/mol. The molecule has 8 heteroatoms. The van der Waals surface area contributed by atoms with E-state index in [1.807, 2.05) is 0 Å². The lowest BCUT2D eigenvalue weighted by Gasteiger charge is -2.01. The summed E-state index contributed by atoms with van der Waals surface area (Å²) in [5.74, 6) is -0.668. The van der Waals surface area contributed by atoms with Crippen LogP contribution in [0.15, 0.2) is 12.4 Å². The Morgan fingerprint density at radius 1 is 1.64 bits per heavy atom. The minimum atomic E-state index is -3.53. The maximum atomic E-state index is 11.2. The van der Waals surface area contributed by atoms with Gasteiger partial charge in [-0.05, 0) is 0 Å². The Bertz CT molecular complexity index is 397. The zero-order valence-corrected chi connectivity index (χ0v) is 8.04. The monoisotopic (exact) mass is 218 g/mol. The second-order valence-electron chi connectivity index (χ2n) is 2.61. The smallest absolute Gasteiger partial charge is 0.254 e. The Morgan fingerprint density at radius 2 is 2.36 bits per heavy atom. The van der Waals surface area contributed by atoms with Gasteiger partial charge in [-0.3, -0.25) is 9.89 Å². The fourth-order valence-corrected chi connectivity index (χ4v) is 1.17. The van der Waals surface area contributed by atoms with Gasteiger partial charge in [-0.1, -0.05) is 0 Å². The van der Waals surface area contributed by atoms with Crippen LogP contribution in [0.3, 0.4) is 0 Å². The molecule has 0 saturated heterocycles. The molecule has 1 aromatic rings. The molecule has 0 saturated carbocycles.